The van der Waals surface area contributed by atoms with Gasteiger partial charge in [-0.1, -0.05) is 0 Å². The Morgan fingerprint density at radius 1 is 0.957 bits per heavy atom. The van der Waals surface area contributed by atoms with Crippen molar-refractivity contribution < 1.29 is 14.2 Å². The number of hydrogen-bond acceptors (Lipinski definition) is 7. The topological polar surface area (TPSA) is 125 Å². The third-order valence-electron chi connectivity index (χ3n) is 2.90. The minimum Gasteiger partial charge on any atom is -0.493 e. The van der Waals surface area contributed by atoms with Gasteiger partial charge < -0.3 is 19.9 Å². The minimum absolute atomic E-state index is 0.0163. The van der Waals surface area contributed by atoms with Crippen LogP contribution in [-0.2, 0) is 0 Å². The standard InChI is InChI=1S/C16H14N4O3/c1-21-13-5-10(6-14(22-2)16(13)23-3)4-11(7-17)15(20)12(8-18)9-19/h4-6H,20H2,1-3H3. The molecule has 1 aromatic carbocycles. The maximum absolute atomic E-state index is 9.21. The summed E-state index contributed by atoms with van der Waals surface area (Å²) in [6, 6.07) is 8.39. The van der Waals surface area contributed by atoms with Crippen LogP contribution in [0.3, 0.4) is 0 Å². The van der Waals surface area contributed by atoms with E-state index < -0.39 is 0 Å². The van der Waals surface area contributed by atoms with Gasteiger partial charge in [-0.2, -0.15) is 15.8 Å². The van der Waals surface area contributed by atoms with Crippen LogP contribution in [0.25, 0.3) is 6.08 Å². The van der Waals surface area contributed by atoms with Crippen LogP contribution < -0.4 is 19.9 Å². The molecule has 0 aliphatic carbocycles. The Bertz CT molecular complexity index is 748. The van der Waals surface area contributed by atoms with Gasteiger partial charge in [-0.25, -0.2) is 0 Å². The molecule has 0 aliphatic heterocycles. The molecule has 7 nitrogen and oxygen atoms in total. The smallest absolute Gasteiger partial charge is 0.203 e. The Labute approximate surface area is 134 Å². The first kappa shape index (κ1) is 17.4. The van der Waals surface area contributed by atoms with E-state index in [1.54, 1.807) is 24.3 Å². The molecule has 0 saturated carbocycles. The number of methoxy groups -OCH3 is 3. The summed E-state index contributed by atoms with van der Waals surface area (Å²) < 4.78 is 15.6. The monoisotopic (exact) mass is 310 g/mol. The highest BCUT2D eigenvalue weighted by Crippen LogP contribution is 2.38. The van der Waals surface area contributed by atoms with E-state index in [1.807, 2.05) is 6.07 Å². The van der Waals surface area contributed by atoms with Gasteiger partial charge in [0.05, 0.1) is 32.6 Å². The van der Waals surface area contributed by atoms with Crippen molar-refractivity contribution in [2.24, 2.45) is 5.73 Å². The van der Waals surface area contributed by atoms with Crippen LogP contribution in [0, 0.1) is 34.0 Å². The molecule has 116 valence electrons. The van der Waals surface area contributed by atoms with Gasteiger partial charge in [0.1, 0.15) is 18.2 Å². The van der Waals surface area contributed by atoms with E-state index in [2.05, 4.69) is 0 Å². The van der Waals surface area contributed by atoms with E-state index in [0.29, 0.717) is 22.8 Å². The van der Waals surface area contributed by atoms with E-state index in [-0.39, 0.29) is 16.8 Å². The predicted octanol–water partition coefficient (Wildman–Crippen LogP) is 1.88. The second-order valence-corrected chi connectivity index (χ2v) is 4.14. The van der Waals surface area contributed by atoms with Crippen LogP contribution in [0.4, 0.5) is 0 Å². The average Bonchev–Trinajstić information content (AvgIpc) is 2.59. The quantitative estimate of drug-likeness (QED) is 0.650. The summed E-state index contributed by atoms with van der Waals surface area (Å²) in [5.41, 5.74) is 5.70. The summed E-state index contributed by atoms with van der Waals surface area (Å²) in [6.07, 6.45) is 1.43. The summed E-state index contributed by atoms with van der Waals surface area (Å²) in [4.78, 5) is 0. The molecule has 0 spiro atoms. The number of nitrogens with zero attached hydrogens (tertiary/aromatic N) is 3. The Morgan fingerprint density at radius 3 is 1.83 bits per heavy atom. The number of nitrogens with two attached hydrogens (primary N) is 1. The Balaban J connectivity index is 3.53. The Kier molecular flexibility index (Phi) is 6.04. The van der Waals surface area contributed by atoms with Crippen molar-refractivity contribution in [3.63, 3.8) is 0 Å². The summed E-state index contributed by atoms with van der Waals surface area (Å²) in [6.45, 7) is 0. The first-order chi connectivity index (χ1) is 11.1. The molecule has 0 fully saturated rings. The summed E-state index contributed by atoms with van der Waals surface area (Å²) >= 11 is 0. The van der Waals surface area contributed by atoms with Crippen LogP contribution in [0.15, 0.2) is 29.0 Å². The van der Waals surface area contributed by atoms with Crippen molar-refractivity contribution in [2.75, 3.05) is 21.3 Å². The lowest BCUT2D eigenvalue weighted by molar-refractivity contribution is 0.324. The molecule has 0 unspecified atom stereocenters. The summed E-state index contributed by atoms with van der Waals surface area (Å²) in [7, 11) is 4.41. The lowest BCUT2D eigenvalue weighted by Gasteiger charge is -2.13. The predicted molar refractivity (Wildman–Crippen MR) is 82.1 cm³/mol. The maximum Gasteiger partial charge on any atom is 0.203 e. The molecule has 23 heavy (non-hydrogen) atoms. The first-order valence-corrected chi connectivity index (χ1v) is 6.28. The van der Waals surface area contributed by atoms with Gasteiger partial charge in [-0.3, -0.25) is 0 Å². The van der Waals surface area contributed by atoms with Crippen molar-refractivity contribution in [1.29, 1.82) is 15.8 Å². The van der Waals surface area contributed by atoms with Crippen LogP contribution in [0.1, 0.15) is 5.56 Å². The molecule has 0 heterocycles. The fourth-order valence-corrected chi connectivity index (χ4v) is 1.80. The van der Waals surface area contributed by atoms with Crippen molar-refractivity contribution in [2.45, 2.75) is 0 Å². The van der Waals surface area contributed by atoms with Crippen molar-refractivity contribution in [3.8, 4) is 35.5 Å². The Hall–Kier alpha value is -3.63. The molecule has 0 bridgehead atoms. The van der Waals surface area contributed by atoms with E-state index in [4.69, 9.17) is 30.5 Å². The zero-order valence-electron chi connectivity index (χ0n) is 12.9. The molecule has 0 amide bonds. The van der Waals surface area contributed by atoms with E-state index in [0.717, 1.165) is 0 Å². The average molecular weight is 310 g/mol. The van der Waals surface area contributed by atoms with Gasteiger partial charge in [0.15, 0.2) is 17.1 Å². The molecule has 0 saturated heterocycles. The lowest BCUT2D eigenvalue weighted by atomic mass is 10.1. The second kappa shape index (κ2) is 7.97. The highest BCUT2D eigenvalue weighted by Gasteiger charge is 2.14. The zero-order chi connectivity index (χ0) is 17.4. The molecule has 0 aromatic heterocycles. The highest BCUT2D eigenvalue weighted by molar-refractivity contribution is 5.69. The first-order valence-electron chi connectivity index (χ1n) is 6.28. The minimum atomic E-state index is -0.328. The normalized spacial score (nSPS) is 9.83. The van der Waals surface area contributed by atoms with Crippen molar-refractivity contribution in [1.82, 2.24) is 0 Å². The number of allylic oxidation sites excluding steroid dienone is 2. The van der Waals surface area contributed by atoms with Gasteiger partial charge in [0.2, 0.25) is 5.75 Å². The SMILES string of the molecule is COc1cc(C=C(C#N)C(N)=C(C#N)C#N)cc(OC)c1OC. The van der Waals surface area contributed by atoms with Crippen LogP contribution in [0.2, 0.25) is 0 Å². The third kappa shape index (κ3) is 3.72. The molecular weight excluding hydrogens is 296 g/mol. The van der Waals surface area contributed by atoms with Gasteiger partial charge >= 0.3 is 0 Å². The van der Waals surface area contributed by atoms with Gasteiger partial charge in [-0.15, -0.1) is 0 Å². The number of hydrogen-bond donors (Lipinski definition) is 1. The molecule has 1 rings (SSSR count). The molecule has 1 aromatic rings. The number of ether oxygens (including phenoxy) is 3. The van der Waals surface area contributed by atoms with Crippen molar-refractivity contribution >= 4 is 6.08 Å². The van der Waals surface area contributed by atoms with Crippen LogP contribution in [0.5, 0.6) is 17.2 Å². The molecule has 7 heteroatoms. The molecular formula is C16H14N4O3. The van der Waals surface area contributed by atoms with Gasteiger partial charge in [-0.05, 0) is 23.8 Å². The number of nitriles is 3. The Morgan fingerprint density at radius 2 is 1.48 bits per heavy atom. The van der Waals surface area contributed by atoms with Gasteiger partial charge in [0, 0.05) is 0 Å². The fraction of sp³-hybridized carbons (Fsp3) is 0.188. The van der Waals surface area contributed by atoms with E-state index in [1.165, 1.54) is 27.4 Å². The lowest BCUT2D eigenvalue weighted by Crippen LogP contribution is -2.03. The third-order valence-corrected chi connectivity index (χ3v) is 2.90. The second-order valence-electron chi connectivity index (χ2n) is 4.14. The van der Waals surface area contributed by atoms with Crippen LogP contribution in [-0.4, -0.2) is 21.3 Å². The summed E-state index contributed by atoms with van der Waals surface area (Å²) in [5.74, 6) is 1.21. The van der Waals surface area contributed by atoms with Crippen LogP contribution >= 0.6 is 0 Å². The number of benzene rings is 1. The van der Waals surface area contributed by atoms with Gasteiger partial charge in [0.25, 0.3) is 0 Å². The zero-order valence-corrected chi connectivity index (χ0v) is 12.9. The molecule has 0 aliphatic rings. The molecule has 0 radical (unpaired) electrons. The van der Waals surface area contributed by atoms with E-state index in [9.17, 15) is 5.26 Å². The highest BCUT2D eigenvalue weighted by atomic mass is 16.5. The van der Waals surface area contributed by atoms with Crippen molar-refractivity contribution in [3.05, 3.63) is 34.5 Å². The largest absolute Gasteiger partial charge is 0.493 e. The molecule has 0 atom stereocenters. The molecule has 2 N–H and O–H groups in total. The maximum atomic E-state index is 9.21. The summed E-state index contributed by atoms with van der Waals surface area (Å²) in [5, 5.41) is 26.9. The number of rotatable bonds is 5. The fourth-order valence-electron chi connectivity index (χ4n) is 1.80. The van der Waals surface area contributed by atoms with E-state index >= 15 is 0 Å².